The summed E-state index contributed by atoms with van der Waals surface area (Å²) >= 11 is 0. The standard InChI is InChI=1S/C6H8N6O/c1-3(2)12-4-5(8-11-12)7-10-9-6(4)13/h3H,1-2H3,(H,7,9,13). The Labute approximate surface area is 72.8 Å². The molecule has 2 rings (SSSR count). The van der Waals surface area contributed by atoms with E-state index in [1.165, 1.54) is 4.68 Å². The number of nitrogens with zero attached hydrogens (tertiary/aromatic N) is 5. The normalized spacial score (nSPS) is 11.3. The summed E-state index contributed by atoms with van der Waals surface area (Å²) in [6.45, 7) is 3.82. The van der Waals surface area contributed by atoms with E-state index < -0.39 is 0 Å². The van der Waals surface area contributed by atoms with E-state index in [1.807, 2.05) is 13.8 Å². The maximum Gasteiger partial charge on any atom is 0.295 e. The van der Waals surface area contributed by atoms with Crippen LogP contribution in [-0.4, -0.2) is 30.4 Å². The highest BCUT2D eigenvalue weighted by molar-refractivity contribution is 5.67. The number of rotatable bonds is 1. The number of H-pyrrole nitrogens is 1. The maximum absolute atomic E-state index is 11.3. The molecule has 0 spiro atoms. The van der Waals surface area contributed by atoms with Crippen LogP contribution in [-0.2, 0) is 0 Å². The second-order valence-corrected chi connectivity index (χ2v) is 2.94. The zero-order chi connectivity index (χ0) is 9.42. The van der Waals surface area contributed by atoms with E-state index in [9.17, 15) is 4.79 Å². The van der Waals surface area contributed by atoms with Crippen molar-refractivity contribution in [1.29, 1.82) is 0 Å². The van der Waals surface area contributed by atoms with Crippen molar-refractivity contribution in [2.75, 3.05) is 0 Å². The molecule has 0 fully saturated rings. The van der Waals surface area contributed by atoms with Crippen molar-refractivity contribution in [1.82, 2.24) is 30.4 Å². The molecule has 0 aliphatic carbocycles. The summed E-state index contributed by atoms with van der Waals surface area (Å²) < 4.78 is 1.52. The Morgan fingerprint density at radius 1 is 1.38 bits per heavy atom. The third kappa shape index (κ3) is 1.08. The molecule has 7 heteroatoms. The van der Waals surface area contributed by atoms with Crippen LogP contribution in [0.4, 0.5) is 0 Å². The van der Waals surface area contributed by atoms with E-state index in [0.29, 0.717) is 5.52 Å². The third-order valence-corrected chi connectivity index (χ3v) is 1.68. The highest BCUT2D eigenvalue weighted by Crippen LogP contribution is 2.07. The SMILES string of the molecule is CC(C)n1nnc2nn[nH]c(=O)c21. The molecule has 13 heavy (non-hydrogen) atoms. The lowest BCUT2D eigenvalue weighted by molar-refractivity contribution is 0.528. The van der Waals surface area contributed by atoms with Gasteiger partial charge in [0.15, 0.2) is 5.52 Å². The molecule has 0 amide bonds. The molecule has 0 unspecified atom stereocenters. The minimum absolute atomic E-state index is 0.0790. The molecule has 0 saturated heterocycles. The van der Waals surface area contributed by atoms with E-state index in [4.69, 9.17) is 0 Å². The van der Waals surface area contributed by atoms with Gasteiger partial charge in [0, 0.05) is 6.04 Å². The summed E-state index contributed by atoms with van der Waals surface area (Å²) in [5, 5.41) is 16.8. The molecule has 0 atom stereocenters. The average Bonchev–Trinajstić information content (AvgIpc) is 2.49. The van der Waals surface area contributed by atoms with Gasteiger partial charge in [-0.25, -0.2) is 9.78 Å². The van der Waals surface area contributed by atoms with Crippen LogP contribution in [0.5, 0.6) is 0 Å². The highest BCUT2D eigenvalue weighted by atomic mass is 16.1. The molecule has 0 aliphatic heterocycles. The fourth-order valence-corrected chi connectivity index (χ4v) is 1.09. The topological polar surface area (TPSA) is 89.3 Å². The number of fused-ring (bicyclic) bond motifs is 1. The molecular formula is C6H8N6O. The Hall–Kier alpha value is -1.79. The van der Waals surface area contributed by atoms with Crippen LogP contribution in [0, 0.1) is 0 Å². The Balaban J connectivity index is 2.87. The van der Waals surface area contributed by atoms with Gasteiger partial charge >= 0.3 is 0 Å². The summed E-state index contributed by atoms with van der Waals surface area (Å²) in [6.07, 6.45) is 0. The first-order valence-corrected chi connectivity index (χ1v) is 3.86. The predicted molar refractivity (Wildman–Crippen MR) is 44.1 cm³/mol. The third-order valence-electron chi connectivity index (χ3n) is 1.68. The van der Waals surface area contributed by atoms with E-state index >= 15 is 0 Å². The predicted octanol–water partition coefficient (Wildman–Crippen LogP) is -0.510. The van der Waals surface area contributed by atoms with Crippen LogP contribution in [0.15, 0.2) is 4.79 Å². The fourth-order valence-electron chi connectivity index (χ4n) is 1.09. The monoisotopic (exact) mass is 180 g/mol. The quantitative estimate of drug-likeness (QED) is 0.638. The molecule has 1 N–H and O–H groups in total. The molecule has 0 radical (unpaired) electrons. The molecule has 0 aromatic carbocycles. The highest BCUT2D eigenvalue weighted by Gasteiger charge is 2.11. The molecular weight excluding hydrogens is 172 g/mol. The molecule has 2 aromatic heterocycles. The van der Waals surface area contributed by atoms with Crippen LogP contribution in [0.2, 0.25) is 0 Å². The van der Waals surface area contributed by atoms with Crippen molar-refractivity contribution in [3.05, 3.63) is 10.4 Å². The molecule has 2 aromatic rings. The zero-order valence-electron chi connectivity index (χ0n) is 7.22. The number of nitrogens with one attached hydrogen (secondary N) is 1. The van der Waals surface area contributed by atoms with Gasteiger partial charge in [0.2, 0.25) is 5.65 Å². The van der Waals surface area contributed by atoms with Crippen LogP contribution in [0.25, 0.3) is 11.2 Å². The van der Waals surface area contributed by atoms with Gasteiger partial charge in [-0.05, 0) is 13.8 Å². The summed E-state index contributed by atoms with van der Waals surface area (Å²) in [5.41, 5.74) is 0.325. The van der Waals surface area contributed by atoms with Crippen LogP contribution < -0.4 is 5.56 Å². The van der Waals surface area contributed by atoms with Crippen molar-refractivity contribution in [3.63, 3.8) is 0 Å². The lowest BCUT2D eigenvalue weighted by Gasteiger charge is -2.02. The van der Waals surface area contributed by atoms with Crippen molar-refractivity contribution < 1.29 is 0 Å². The van der Waals surface area contributed by atoms with Gasteiger partial charge < -0.3 is 0 Å². The minimum atomic E-state index is -0.316. The Morgan fingerprint density at radius 3 is 2.85 bits per heavy atom. The molecule has 2 heterocycles. The summed E-state index contributed by atoms with van der Waals surface area (Å²) in [4.78, 5) is 11.3. The number of hydrogen-bond donors (Lipinski definition) is 1. The molecule has 68 valence electrons. The number of aromatic amines is 1. The number of hydrogen-bond acceptors (Lipinski definition) is 5. The summed E-state index contributed by atoms with van der Waals surface area (Å²) in [5.74, 6) is 0. The Kier molecular flexibility index (Phi) is 1.57. The second-order valence-electron chi connectivity index (χ2n) is 2.94. The van der Waals surface area contributed by atoms with Gasteiger partial charge in [0.1, 0.15) is 0 Å². The van der Waals surface area contributed by atoms with Crippen LogP contribution in [0.3, 0.4) is 0 Å². The van der Waals surface area contributed by atoms with Crippen molar-refractivity contribution in [2.45, 2.75) is 19.9 Å². The Morgan fingerprint density at radius 2 is 2.15 bits per heavy atom. The minimum Gasteiger partial charge on any atom is -0.265 e. The van der Waals surface area contributed by atoms with Gasteiger partial charge in [-0.3, -0.25) is 4.79 Å². The van der Waals surface area contributed by atoms with E-state index in [0.717, 1.165) is 0 Å². The van der Waals surface area contributed by atoms with E-state index in [2.05, 4.69) is 25.7 Å². The van der Waals surface area contributed by atoms with Gasteiger partial charge in [-0.1, -0.05) is 10.4 Å². The first-order valence-electron chi connectivity index (χ1n) is 3.86. The Bertz CT molecular complexity index is 483. The maximum atomic E-state index is 11.3. The number of aromatic nitrogens is 6. The van der Waals surface area contributed by atoms with Gasteiger partial charge in [-0.15, -0.1) is 10.2 Å². The smallest absolute Gasteiger partial charge is 0.265 e. The van der Waals surface area contributed by atoms with Crippen LogP contribution >= 0.6 is 0 Å². The fraction of sp³-hybridized carbons (Fsp3) is 0.500. The first-order chi connectivity index (χ1) is 6.20. The van der Waals surface area contributed by atoms with Crippen molar-refractivity contribution >= 4 is 11.2 Å². The average molecular weight is 180 g/mol. The largest absolute Gasteiger partial charge is 0.295 e. The first kappa shape index (κ1) is 7.84. The second kappa shape index (κ2) is 2.61. The lowest BCUT2D eigenvalue weighted by atomic mass is 10.4. The van der Waals surface area contributed by atoms with Crippen molar-refractivity contribution in [3.8, 4) is 0 Å². The summed E-state index contributed by atoms with van der Waals surface area (Å²) in [6, 6.07) is 0.0790. The molecule has 0 aliphatic rings. The van der Waals surface area contributed by atoms with E-state index in [-0.39, 0.29) is 17.2 Å². The molecule has 0 saturated carbocycles. The molecule has 7 nitrogen and oxygen atoms in total. The zero-order valence-corrected chi connectivity index (χ0v) is 7.22. The van der Waals surface area contributed by atoms with Crippen LogP contribution in [0.1, 0.15) is 19.9 Å². The molecule has 0 bridgehead atoms. The van der Waals surface area contributed by atoms with Gasteiger partial charge in [-0.2, -0.15) is 0 Å². The van der Waals surface area contributed by atoms with Crippen molar-refractivity contribution in [2.24, 2.45) is 0 Å². The van der Waals surface area contributed by atoms with Gasteiger partial charge in [0.05, 0.1) is 0 Å². The van der Waals surface area contributed by atoms with Gasteiger partial charge in [0.25, 0.3) is 5.56 Å². The van der Waals surface area contributed by atoms with E-state index in [1.54, 1.807) is 0 Å². The summed E-state index contributed by atoms with van der Waals surface area (Å²) in [7, 11) is 0. The lowest BCUT2D eigenvalue weighted by Crippen LogP contribution is -2.15.